The quantitative estimate of drug-likeness (QED) is 0.269. The Bertz CT molecular complexity index is 546. The number of ketones is 1. The maximum atomic E-state index is 11.4. The number of allylic oxidation sites excluding steroid dienone is 2. The number of nitrogens with two attached hydrogens (primary N) is 1. The Kier molecular flexibility index (Phi) is 6.79. The number of anilines is 1. The van der Waals surface area contributed by atoms with E-state index in [4.69, 9.17) is 16.3 Å². The molecule has 0 saturated carbocycles. The molecular weight excluding hydrogens is 244 g/mol. The fourth-order valence-corrected chi connectivity index (χ4v) is 1.29. The molecular formula is C12H14N6O. The van der Waals surface area contributed by atoms with Gasteiger partial charge in [-0.15, -0.1) is 6.58 Å². The minimum atomic E-state index is -0.215. The van der Waals surface area contributed by atoms with Crippen LogP contribution in [0.15, 0.2) is 25.3 Å². The van der Waals surface area contributed by atoms with Crippen LogP contribution in [0.5, 0.6) is 0 Å². The van der Waals surface area contributed by atoms with Gasteiger partial charge in [0.05, 0.1) is 0 Å². The molecule has 0 spiro atoms. The lowest BCUT2D eigenvalue weighted by molar-refractivity contribution is 0.104. The molecule has 7 heteroatoms. The van der Waals surface area contributed by atoms with Gasteiger partial charge < -0.3 is 10.3 Å². The minimum absolute atomic E-state index is 0.215. The minimum Gasteiger partial charge on any atom is -0.382 e. The normalized spacial score (nSPS) is 8.16. The van der Waals surface area contributed by atoms with Gasteiger partial charge in [0.15, 0.2) is 18.2 Å². The molecule has 1 aromatic heterocycles. The predicted octanol–water partition coefficient (Wildman–Crippen LogP) is 0.638. The van der Waals surface area contributed by atoms with Crippen molar-refractivity contribution in [1.29, 1.82) is 10.5 Å². The molecule has 3 N–H and O–H groups in total. The fraction of sp³-hybridized carbons (Fsp3) is 0.167. The summed E-state index contributed by atoms with van der Waals surface area (Å²) in [6.07, 6.45) is 6.34. The summed E-state index contributed by atoms with van der Waals surface area (Å²) in [6.45, 7) is 7.01. The first kappa shape index (κ1) is 15.9. The van der Waals surface area contributed by atoms with E-state index in [0.29, 0.717) is 12.1 Å². The van der Waals surface area contributed by atoms with Gasteiger partial charge in [0.2, 0.25) is 5.78 Å². The van der Waals surface area contributed by atoms with Crippen LogP contribution in [0.2, 0.25) is 0 Å². The number of hydrogen-bond donors (Lipinski definition) is 2. The van der Waals surface area contributed by atoms with Crippen LogP contribution < -0.4 is 11.1 Å². The average molecular weight is 258 g/mol. The second kappa shape index (κ2) is 8.09. The number of aromatic nitrogens is 2. The summed E-state index contributed by atoms with van der Waals surface area (Å²) in [7, 11) is 1.75. The molecule has 0 atom stereocenters. The lowest BCUT2D eigenvalue weighted by Gasteiger charge is -2.00. The monoisotopic (exact) mass is 258 g/mol. The first-order chi connectivity index (χ1) is 9.03. The molecule has 0 aromatic carbocycles. The molecule has 98 valence electrons. The van der Waals surface area contributed by atoms with E-state index < -0.39 is 0 Å². The summed E-state index contributed by atoms with van der Waals surface area (Å²) in [6, 6.07) is 0. The first-order valence-electron chi connectivity index (χ1n) is 5.15. The Hall–Kier alpha value is -3.06. The zero-order valence-corrected chi connectivity index (χ0v) is 10.6. The van der Waals surface area contributed by atoms with Gasteiger partial charge in [-0.1, -0.05) is 12.7 Å². The highest BCUT2D eigenvalue weighted by Gasteiger charge is 2.15. The lowest BCUT2D eigenvalue weighted by atomic mass is 10.3. The van der Waals surface area contributed by atoms with Gasteiger partial charge >= 0.3 is 0 Å². The molecule has 0 unspecified atom stereocenters. The lowest BCUT2D eigenvalue weighted by Crippen LogP contribution is -2.07. The highest BCUT2D eigenvalue weighted by atomic mass is 16.1. The van der Waals surface area contributed by atoms with Crippen LogP contribution in [0.3, 0.4) is 0 Å². The Balaban J connectivity index is 0.000000555. The van der Waals surface area contributed by atoms with Gasteiger partial charge in [-0.2, -0.15) is 10.5 Å². The number of imidazole rings is 1. The maximum absolute atomic E-state index is 11.4. The van der Waals surface area contributed by atoms with Crippen LogP contribution in [0.25, 0.3) is 0 Å². The molecule has 1 rings (SSSR count). The third-order valence-electron chi connectivity index (χ3n) is 2.07. The Morgan fingerprint density at radius 2 is 2.11 bits per heavy atom. The second-order valence-electron chi connectivity index (χ2n) is 3.23. The largest absolute Gasteiger partial charge is 0.382 e. The van der Waals surface area contributed by atoms with Crippen molar-refractivity contribution in [3.63, 3.8) is 0 Å². The van der Waals surface area contributed by atoms with Crippen LogP contribution >= 0.6 is 0 Å². The van der Waals surface area contributed by atoms with E-state index in [0.717, 1.165) is 5.82 Å². The van der Waals surface area contributed by atoms with Gasteiger partial charge in [-0.05, 0) is 6.08 Å². The summed E-state index contributed by atoms with van der Waals surface area (Å²) in [5.74, 6) is 0.754. The number of hydrogen-bond acceptors (Lipinski definition) is 6. The van der Waals surface area contributed by atoms with E-state index in [9.17, 15) is 4.79 Å². The van der Waals surface area contributed by atoms with Crippen LogP contribution in [-0.2, 0) is 13.5 Å². The Morgan fingerprint density at radius 1 is 1.53 bits per heavy atom. The van der Waals surface area contributed by atoms with E-state index in [-0.39, 0.29) is 11.6 Å². The van der Waals surface area contributed by atoms with Gasteiger partial charge in [0.1, 0.15) is 11.5 Å². The topological polar surface area (TPSA) is 121 Å². The molecule has 1 aromatic rings. The first-order valence-corrected chi connectivity index (χ1v) is 5.15. The van der Waals surface area contributed by atoms with Crippen LogP contribution in [0.4, 0.5) is 5.82 Å². The number of rotatable bonds is 4. The molecule has 0 saturated heterocycles. The summed E-state index contributed by atoms with van der Waals surface area (Å²) in [5, 5.41) is 16.7. The van der Waals surface area contributed by atoms with Crippen molar-refractivity contribution < 1.29 is 4.79 Å². The summed E-state index contributed by atoms with van der Waals surface area (Å²) < 4.78 is 1.67. The number of nitrogens with zero attached hydrogens (tertiary/aromatic N) is 4. The Labute approximate surface area is 111 Å². The fourth-order valence-electron chi connectivity index (χ4n) is 1.29. The zero-order valence-electron chi connectivity index (χ0n) is 10.6. The molecule has 0 radical (unpaired) electrons. The third kappa shape index (κ3) is 4.36. The average Bonchev–Trinajstić information content (AvgIpc) is 2.66. The number of carbonyl (C=O) groups excluding carboxylic acids is 1. The predicted molar refractivity (Wildman–Crippen MR) is 70.4 cm³/mol. The van der Waals surface area contributed by atoms with Crippen molar-refractivity contribution in [3.05, 3.63) is 36.8 Å². The zero-order chi connectivity index (χ0) is 14.8. The van der Waals surface area contributed by atoms with Crippen molar-refractivity contribution in [3.8, 4) is 12.4 Å². The number of nitrogens with one attached hydrogen (secondary N) is 1. The van der Waals surface area contributed by atoms with Crippen molar-refractivity contribution in [2.75, 3.05) is 5.73 Å². The Morgan fingerprint density at radius 3 is 2.47 bits per heavy atom. The molecule has 0 aliphatic rings. The van der Waals surface area contributed by atoms with E-state index in [2.05, 4.69) is 18.1 Å². The molecule has 1 heterocycles. The highest BCUT2D eigenvalue weighted by Crippen LogP contribution is 2.14. The van der Waals surface area contributed by atoms with E-state index in [1.807, 2.05) is 0 Å². The standard InChI is InChI=1S/C10H13N3O.C2HN3/c1-4-6-8-12-10(11)9(13(8)3)7(14)5-2;3-1-5-2-4/h4-5H,1-2,6,11H2,3H3;5H. The highest BCUT2D eigenvalue weighted by molar-refractivity contribution is 6.06. The number of nitrogen functional groups attached to an aromatic ring is 1. The van der Waals surface area contributed by atoms with Crippen molar-refractivity contribution in [1.82, 2.24) is 14.9 Å². The summed E-state index contributed by atoms with van der Waals surface area (Å²) >= 11 is 0. The SMILES string of the molecule is C=CCc1nc(N)c(C(=O)C=C)n1C.N#CNC#N. The number of nitriles is 2. The summed E-state index contributed by atoms with van der Waals surface area (Å²) in [4.78, 5) is 15.5. The molecule has 7 nitrogen and oxygen atoms in total. The molecule has 0 aliphatic carbocycles. The van der Waals surface area contributed by atoms with Crippen molar-refractivity contribution in [2.24, 2.45) is 7.05 Å². The van der Waals surface area contributed by atoms with Gasteiger partial charge in [-0.3, -0.25) is 4.79 Å². The van der Waals surface area contributed by atoms with Crippen molar-refractivity contribution >= 4 is 11.6 Å². The number of carbonyl (C=O) groups is 1. The molecule has 0 amide bonds. The van der Waals surface area contributed by atoms with Crippen molar-refractivity contribution in [2.45, 2.75) is 6.42 Å². The van der Waals surface area contributed by atoms with Gasteiger partial charge in [0.25, 0.3) is 0 Å². The molecule has 0 bridgehead atoms. The third-order valence-corrected chi connectivity index (χ3v) is 2.07. The van der Waals surface area contributed by atoms with E-state index in [1.165, 1.54) is 18.5 Å². The van der Waals surface area contributed by atoms with Crippen LogP contribution in [0, 0.1) is 22.9 Å². The second-order valence-corrected chi connectivity index (χ2v) is 3.23. The van der Waals surface area contributed by atoms with E-state index >= 15 is 0 Å². The summed E-state index contributed by atoms with van der Waals surface area (Å²) in [5.41, 5.74) is 6.00. The van der Waals surface area contributed by atoms with E-state index in [1.54, 1.807) is 23.0 Å². The molecule has 19 heavy (non-hydrogen) atoms. The van der Waals surface area contributed by atoms with Gasteiger partial charge in [-0.25, -0.2) is 10.3 Å². The molecule has 0 aliphatic heterocycles. The smallest absolute Gasteiger partial charge is 0.205 e. The van der Waals surface area contributed by atoms with Gasteiger partial charge in [0, 0.05) is 13.5 Å². The van der Waals surface area contributed by atoms with Crippen LogP contribution in [0.1, 0.15) is 16.3 Å². The molecule has 0 fully saturated rings. The van der Waals surface area contributed by atoms with Crippen LogP contribution in [-0.4, -0.2) is 15.3 Å². The maximum Gasteiger partial charge on any atom is 0.205 e.